The van der Waals surface area contributed by atoms with Crippen molar-refractivity contribution in [2.45, 2.75) is 33.7 Å². The Morgan fingerprint density at radius 1 is 1.03 bits per heavy atom. The number of amides is 1. The minimum Gasteiger partial charge on any atom is -0.325 e. The molecule has 0 unspecified atom stereocenters. The fourth-order valence-corrected chi connectivity index (χ4v) is 3.74. The summed E-state index contributed by atoms with van der Waals surface area (Å²) in [5, 5.41) is 8.43. The van der Waals surface area contributed by atoms with Gasteiger partial charge in [-0.15, -0.1) is 0 Å². The Bertz CT molecular complexity index is 1270. The number of carbonyl (C=O) groups excluding carboxylic acids is 1. The summed E-state index contributed by atoms with van der Waals surface area (Å²) in [4.78, 5) is 25.6. The molecule has 4 aromatic rings. The van der Waals surface area contributed by atoms with Gasteiger partial charge in [0, 0.05) is 17.1 Å². The lowest BCUT2D eigenvalue weighted by Gasteiger charge is -2.13. The standard InChI is InChI=1S/C24H24N4O2/c1-4-18-10-12-19(13-11-18)25-21(29)15-27-22(30)14-16(2)23-17(3)26-28(24(23)27)20-8-6-5-7-9-20/h5-14H,4,15H2,1-3H3,(H,25,29). The van der Waals surface area contributed by atoms with Crippen LogP contribution in [-0.4, -0.2) is 20.3 Å². The van der Waals surface area contributed by atoms with Crippen LogP contribution in [0.15, 0.2) is 65.5 Å². The number of anilines is 1. The lowest BCUT2D eigenvalue weighted by Crippen LogP contribution is -2.29. The van der Waals surface area contributed by atoms with Crippen LogP contribution in [-0.2, 0) is 17.8 Å². The molecule has 0 aliphatic rings. The molecule has 0 spiro atoms. The van der Waals surface area contributed by atoms with Gasteiger partial charge in [0.15, 0.2) is 0 Å². The number of nitrogens with one attached hydrogen (secondary N) is 1. The summed E-state index contributed by atoms with van der Waals surface area (Å²) in [5.41, 5.74) is 4.81. The highest BCUT2D eigenvalue weighted by atomic mass is 16.2. The van der Waals surface area contributed by atoms with Gasteiger partial charge in [-0.05, 0) is 55.7 Å². The van der Waals surface area contributed by atoms with Crippen molar-refractivity contribution in [2.24, 2.45) is 0 Å². The Labute approximate surface area is 174 Å². The van der Waals surface area contributed by atoms with Crippen LogP contribution in [0.4, 0.5) is 5.69 Å². The van der Waals surface area contributed by atoms with E-state index in [1.165, 1.54) is 10.1 Å². The zero-order valence-corrected chi connectivity index (χ0v) is 17.3. The van der Waals surface area contributed by atoms with E-state index in [0.29, 0.717) is 11.3 Å². The van der Waals surface area contributed by atoms with Crippen LogP contribution in [0.25, 0.3) is 16.7 Å². The fraction of sp³-hybridized carbons (Fsp3) is 0.208. The molecule has 0 saturated carbocycles. The fourth-order valence-electron chi connectivity index (χ4n) is 3.74. The number of aromatic nitrogens is 3. The molecule has 4 rings (SSSR count). The number of para-hydroxylation sites is 1. The number of pyridine rings is 1. The van der Waals surface area contributed by atoms with Crippen LogP contribution in [0, 0.1) is 13.8 Å². The van der Waals surface area contributed by atoms with E-state index in [1.807, 2.05) is 68.4 Å². The minimum absolute atomic E-state index is 0.0941. The first-order chi connectivity index (χ1) is 14.5. The van der Waals surface area contributed by atoms with Gasteiger partial charge < -0.3 is 5.32 Å². The van der Waals surface area contributed by atoms with E-state index in [4.69, 9.17) is 0 Å². The topological polar surface area (TPSA) is 68.9 Å². The van der Waals surface area contributed by atoms with Crippen LogP contribution in [0.2, 0.25) is 0 Å². The lowest BCUT2D eigenvalue weighted by atomic mass is 10.1. The molecule has 0 bridgehead atoms. The minimum atomic E-state index is -0.259. The second-order valence-electron chi connectivity index (χ2n) is 7.38. The van der Waals surface area contributed by atoms with Gasteiger partial charge in [-0.25, -0.2) is 4.68 Å². The van der Waals surface area contributed by atoms with Crippen LogP contribution in [0.3, 0.4) is 0 Å². The molecule has 0 aliphatic carbocycles. The van der Waals surface area contributed by atoms with E-state index in [9.17, 15) is 9.59 Å². The third-order valence-electron chi connectivity index (χ3n) is 5.24. The maximum Gasteiger partial charge on any atom is 0.252 e. The van der Waals surface area contributed by atoms with E-state index >= 15 is 0 Å². The van der Waals surface area contributed by atoms with Gasteiger partial charge in [-0.2, -0.15) is 5.10 Å². The number of nitrogens with zero attached hydrogens (tertiary/aromatic N) is 3. The second kappa shape index (κ2) is 7.99. The molecule has 6 nitrogen and oxygen atoms in total. The van der Waals surface area contributed by atoms with E-state index in [2.05, 4.69) is 17.3 Å². The maximum atomic E-state index is 12.9. The molecule has 1 amide bonds. The van der Waals surface area contributed by atoms with E-state index in [0.717, 1.165) is 28.8 Å². The first-order valence-electron chi connectivity index (χ1n) is 10.0. The van der Waals surface area contributed by atoms with Crippen molar-refractivity contribution in [2.75, 3.05) is 5.32 Å². The number of aryl methyl sites for hydroxylation is 3. The molecule has 0 fully saturated rings. The molecule has 2 aromatic heterocycles. The molecule has 0 saturated heterocycles. The van der Waals surface area contributed by atoms with Crippen molar-refractivity contribution in [3.8, 4) is 5.69 Å². The molecule has 2 aromatic carbocycles. The monoisotopic (exact) mass is 400 g/mol. The third kappa shape index (κ3) is 3.64. The van der Waals surface area contributed by atoms with Gasteiger partial charge in [0.2, 0.25) is 5.91 Å². The third-order valence-corrected chi connectivity index (χ3v) is 5.24. The van der Waals surface area contributed by atoms with Gasteiger partial charge in [0.1, 0.15) is 12.2 Å². The Morgan fingerprint density at radius 3 is 2.40 bits per heavy atom. The van der Waals surface area contributed by atoms with Crippen LogP contribution in [0.1, 0.15) is 23.7 Å². The molecule has 0 aliphatic heterocycles. The highest BCUT2D eigenvalue weighted by Gasteiger charge is 2.18. The average Bonchev–Trinajstić information content (AvgIpc) is 3.10. The molecular weight excluding hydrogens is 376 g/mol. The van der Waals surface area contributed by atoms with E-state index in [1.54, 1.807) is 10.7 Å². The summed E-state index contributed by atoms with van der Waals surface area (Å²) >= 11 is 0. The quantitative estimate of drug-likeness (QED) is 0.550. The van der Waals surface area contributed by atoms with Crippen molar-refractivity contribution >= 4 is 22.6 Å². The Morgan fingerprint density at radius 2 is 1.73 bits per heavy atom. The maximum absolute atomic E-state index is 12.9. The summed E-state index contributed by atoms with van der Waals surface area (Å²) in [7, 11) is 0. The molecule has 0 radical (unpaired) electrons. The Balaban J connectivity index is 1.76. The van der Waals surface area contributed by atoms with Gasteiger partial charge >= 0.3 is 0 Å². The molecular formula is C24H24N4O2. The zero-order valence-electron chi connectivity index (χ0n) is 17.3. The van der Waals surface area contributed by atoms with Crippen LogP contribution in [0.5, 0.6) is 0 Å². The van der Waals surface area contributed by atoms with Crippen molar-refractivity contribution in [1.29, 1.82) is 0 Å². The number of hydrogen-bond acceptors (Lipinski definition) is 3. The highest BCUT2D eigenvalue weighted by molar-refractivity contribution is 5.92. The summed E-state index contributed by atoms with van der Waals surface area (Å²) in [6.07, 6.45) is 0.938. The molecule has 6 heteroatoms. The SMILES string of the molecule is CCc1ccc(NC(=O)Cn2c(=O)cc(C)c3c(C)nn(-c4ccccc4)c32)cc1. The predicted molar refractivity (Wildman–Crippen MR) is 119 cm³/mol. The van der Waals surface area contributed by atoms with Crippen LogP contribution >= 0.6 is 0 Å². The molecule has 1 N–H and O–H groups in total. The zero-order chi connectivity index (χ0) is 21.3. The first kappa shape index (κ1) is 19.6. The van der Waals surface area contributed by atoms with Crippen molar-refractivity contribution < 1.29 is 4.79 Å². The first-order valence-corrected chi connectivity index (χ1v) is 10.0. The predicted octanol–water partition coefficient (Wildman–Crippen LogP) is 4.01. The summed E-state index contributed by atoms with van der Waals surface area (Å²) < 4.78 is 3.23. The molecule has 152 valence electrons. The molecule has 0 atom stereocenters. The normalized spacial score (nSPS) is 11.0. The van der Waals surface area contributed by atoms with Gasteiger partial charge in [0.25, 0.3) is 5.56 Å². The van der Waals surface area contributed by atoms with Crippen molar-refractivity contribution in [3.63, 3.8) is 0 Å². The van der Waals surface area contributed by atoms with E-state index < -0.39 is 0 Å². The number of benzene rings is 2. The largest absolute Gasteiger partial charge is 0.325 e. The molecule has 30 heavy (non-hydrogen) atoms. The molecule has 2 heterocycles. The van der Waals surface area contributed by atoms with Gasteiger partial charge in [-0.3, -0.25) is 14.2 Å². The van der Waals surface area contributed by atoms with Crippen molar-refractivity contribution in [1.82, 2.24) is 14.3 Å². The van der Waals surface area contributed by atoms with Crippen molar-refractivity contribution in [3.05, 3.63) is 87.8 Å². The smallest absolute Gasteiger partial charge is 0.252 e. The summed E-state index contributed by atoms with van der Waals surface area (Å²) in [5.74, 6) is -0.259. The number of fused-ring (bicyclic) bond motifs is 1. The number of carbonyl (C=O) groups is 1. The number of hydrogen-bond donors (Lipinski definition) is 1. The summed E-state index contributed by atoms with van der Waals surface area (Å²) in [6, 6.07) is 18.9. The van der Waals surface area contributed by atoms with Gasteiger partial charge in [0.05, 0.1) is 11.4 Å². The lowest BCUT2D eigenvalue weighted by molar-refractivity contribution is -0.116. The highest BCUT2D eigenvalue weighted by Crippen LogP contribution is 2.23. The van der Waals surface area contributed by atoms with E-state index in [-0.39, 0.29) is 18.0 Å². The number of rotatable bonds is 5. The van der Waals surface area contributed by atoms with Gasteiger partial charge in [-0.1, -0.05) is 37.3 Å². The Hall–Kier alpha value is -3.67. The summed E-state index contributed by atoms with van der Waals surface area (Å²) in [6.45, 7) is 5.80. The van der Waals surface area contributed by atoms with Crippen LogP contribution < -0.4 is 10.9 Å². The second-order valence-corrected chi connectivity index (χ2v) is 7.38. The average molecular weight is 400 g/mol. The Kier molecular flexibility index (Phi) is 5.23.